The molecule has 2 rings (SSSR count). The Bertz CT molecular complexity index is 695. The Morgan fingerprint density at radius 3 is 2.45 bits per heavy atom. The van der Waals surface area contributed by atoms with E-state index in [4.69, 9.17) is 4.52 Å². The highest BCUT2D eigenvalue weighted by Gasteiger charge is 2.20. The van der Waals surface area contributed by atoms with Crippen LogP contribution in [0.5, 0.6) is 0 Å². The number of aryl methyl sites for hydroxylation is 1. The number of carbonyl (C=O) groups excluding carboxylic acids is 2. The molecule has 0 spiro atoms. The zero-order valence-corrected chi connectivity index (χ0v) is 11.9. The maximum absolute atomic E-state index is 13.5. The van der Waals surface area contributed by atoms with Crippen molar-refractivity contribution < 1.29 is 22.9 Å². The third kappa shape index (κ3) is 3.46. The summed E-state index contributed by atoms with van der Waals surface area (Å²) in [4.78, 5) is 24.5. The number of nitrogens with zero attached hydrogens (tertiary/aromatic N) is 2. The Morgan fingerprint density at radius 1 is 1.32 bits per heavy atom. The van der Waals surface area contributed by atoms with Gasteiger partial charge in [0, 0.05) is 13.0 Å². The van der Waals surface area contributed by atoms with E-state index in [0.29, 0.717) is 5.76 Å². The van der Waals surface area contributed by atoms with Crippen LogP contribution in [0.25, 0.3) is 0 Å². The van der Waals surface area contributed by atoms with E-state index in [-0.39, 0.29) is 5.82 Å². The SMILES string of the molecule is CC(=O)N(CC(=O)Nc1c(F)cccc1F)c1cc(C)on1. The van der Waals surface area contributed by atoms with Crippen molar-refractivity contribution in [2.24, 2.45) is 0 Å². The van der Waals surface area contributed by atoms with Gasteiger partial charge in [-0.05, 0) is 19.1 Å². The number of para-hydroxylation sites is 1. The third-order valence-corrected chi connectivity index (χ3v) is 2.80. The van der Waals surface area contributed by atoms with Crippen LogP contribution in [0.4, 0.5) is 20.3 Å². The Hall–Kier alpha value is -2.77. The first kappa shape index (κ1) is 15.6. The summed E-state index contributed by atoms with van der Waals surface area (Å²) in [7, 11) is 0. The fourth-order valence-electron chi connectivity index (χ4n) is 1.77. The molecule has 0 atom stereocenters. The van der Waals surface area contributed by atoms with Crippen LogP contribution in [0.3, 0.4) is 0 Å². The minimum atomic E-state index is -0.903. The molecule has 116 valence electrons. The lowest BCUT2D eigenvalue weighted by molar-refractivity contribution is -0.120. The lowest BCUT2D eigenvalue weighted by Gasteiger charge is -2.17. The smallest absolute Gasteiger partial charge is 0.244 e. The molecule has 0 bridgehead atoms. The van der Waals surface area contributed by atoms with Crippen molar-refractivity contribution in [3.8, 4) is 0 Å². The zero-order chi connectivity index (χ0) is 16.3. The number of amides is 2. The van der Waals surface area contributed by atoms with E-state index in [1.54, 1.807) is 6.92 Å². The first-order chi connectivity index (χ1) is 10.4. The summed E-state index contributed by atoms with van der Waals surface area (Å²) < 4.78 is 31.8. The van der Waals surface area contributed by atoms with Crippen LogP contribution in [0, 0.1) is 18.6 Å². The molecule has 22 heavy (non-hydrogen) atoms. The summed E-state index contributed by atoms with van der Waals surface area (Å²) in [5.74, 6) is -2.42. The summed E-state index contributed by atoms with van der Waals surface area (Å²) in [5, 5.41) is 5.73. The molecule has 1 heterocycles. The highest BCUT2D eigenvalue weighted by Crippen LogP contribution is 2.19. The molecule has 2 amide bonds. The molecule has 1 aromatic carbocycles. The number of carbonyl (C=O) groups is 2. The minimum absolute atomic E-state index is 0.147. The molecule has 8 heteroatoms. The molecule has 0 radical (unpaired) electrons. The average Bonchev–Trinajstić information content (AvgIpc) is 2.86. The molecule has 6 nitrogen and oxygen atoms in total. The minimum Gasteiger partial charge on any atom is -0.360 e. The summed E-state index contributed by atoms with van der Waals surface area (Å²) in [6.45, 7) is 2.42. The van der Waals surface area contributed by atoms with Gasteiger partial charge in [-0.15, -0.1) is 0 Å². The number of anilines is 2. The molecule has 2 aromatic rings. The molecule has 0 aliphatic carbocycles. The Kier molecular flexibility index (Phi) is 4.50. The normalized spacial score (nSPS) is 10.4. The van der Waals surface area contributed by atoms with Crippen molar-refractivity contribution >= 4 is 23.3 Å². The summed E-state index contributed by atoms with van der Waals surface area (Å²) in [5.41, 5.74) is -0.563. The van der Waals surface area contributed by atoms with Crippen LogP contribution in [-0.2, 0) is 9.59 Å². The van der Waals surface area contributed by atoms with Gasteiger partial charge in [0.25, 0.3) is 0 Å². The molecular weight excluding hydrogens is 296 g/mol. The van der Waals surface area contributed by atoms with E-state index in [9.17, 15) is 18.4 Å². The predicted octanol–water partition coefficient (Wildman–Crippen LogP) is 2.25. The summed E-state index contributed by atoms with van der Waals surface area (Å²) in [6.07, 6.45) is 0. The van der Waals surface area contributed by atoms with Gasteiger partial charge in [-0.3, -0.25) is 14.5 Å². The molecule has 0 aliphatic heterocycles. The van der Waals surface area contributed by atoms with E-state index in [1.807, 2.05) is 0 Å². The number of aromatic nitrogens is 1. The fourth-order valence-corrected chi connectivity index (χ4v) is 1.77. The molecule has 1 aromatic heterocycles. The van der Waals surface area contributed by atoms with E-state index < -0.39 is 35.7 Å². The standard InChI is InChI=1S/C14H13F2N3O3/c1-8-6-12(18-22-8)19(9(2)20)7-13(21)17-14-10(15)4-3-5-11(14)16/h3-6H,7H2,1-2H3,(H,17,21). The zero-order valence-electron chi connectivity index (χ0n) is 11.9. The number of nitrogens with one attached hydrogen (secondary N) is 1. The van der Waals surface area contributed by atoms with Crippen molar-refractivity contribution in [2.45, 2.75) is 13.8 Å². The molecule has 1 N–H and O–H groups in total. The van der Waals surface area contributed by atoms with Crippen molar-refractivity contribution in [2.75, 3.05) is 16.8 Å². The third-order valence-electron chi connectivity index (χ3n) is 2.80. The fraction of sp³-hybridized carbons (Fsp3) is 0.214. The van der Waals surface area contributed by atoms with Crippen molar-refractivity contribution in [3.63, 3.8) is 0 Å². The van der Waals surface area contributed by atoms with Crippen LogP contribution in [0.15, 0.2) is 28.8 Å². The number of hydrogen-bond acceptors (Lipinski definition) is 4. The van der Waals surface area contributed by atoms with Gasteiger partial charge in [-0.1, -0.05) is 11.2 Å². The molecule has 0 fully saturated rings. The highest BCUT2D eigenvalue weighted by atomic mass is 19.1. The molecule has 0 saturated carbocycles. The van der Waals surface area contributed by atoms with E-state index in [2.05, 4.69) is 10.5 Å². The summed E-state index contributed by atoms with van der Waals surface area (Å²) >= 11 is 0. The number of benzene rings is 1. The van der Waals surface area contributed by atoms with Gasteiger partial charge in [0.2, 0.25) is 11.8 Å². The number of halogens is 2. The quantitative estimate of drug-likeness (QED) is 0.940. The topological polar surface area (TPSA) is 75.4 Å². The largest absolute Gasteiger partial charge is 0.360 e. The molecule has 0 unspecified atom stereocenters. The van der Waals surface area contributed by atoms with Crippen molar-refractivity contribution in [3.05, 3.63) is 41.7 Å². The van der Waals surface area contributed by atoms with Gasteiger partial charge in [-0.25, -0.2) is 8.78 Å². The average molecular weight is 309 g/mol. The van der Waals surface area contributed by atoms with Gasteiger partial charge in [0.1, 0.15) is 29.6 Å². The van der Waals surface area contributed by atoms with Crippen LogP contribution in [0.2, 0.25) is 0 Å². The molecule has 0 aliphatic rings. The van der Waals surface area contributed by atoms with Gasteiger partial charge in [-0.2, -0.15) is 0 Å². The van der Waals surface area contributed by atoms with Crippen molar-refractivity contribution in [1.29, 1.82) is 0 Å². The van der Waals surface area contributed by atoms with Crippen LogP contribution < -0.4 is 10.2 Å². The Labute approximate surface area is 124 Å². The van der Waals surface area contributed by atoms with Gasteiger partial charge in [0.15, 0.2) is 5.82 Å². The first-order valence-electron chi connectivity index (χ1n) is 6.33. The Morgan fingerprint density at radius 2 is 1.95 bits per heavy atom. The molecular formula is C14H13F2N3O3. The number of rotatable bonds is 4. The monoisotopic (exact) mass is 309 g/mol. The van der Waals surface area contributed by atoms with Crippen LogP contribution in [-0.4, -0.2) is 23.5 Å². The van der Waals surface area contributed by atoms with Crippen LogP contribution >= 0.6 is 0 Å². The van der Waals surface area contributed by atoms with Gasteiger partial charge < -0.3 is 9.84 Å². The van der Waals surface area contributed by atoms with Gasteiger partial charge >= 0.3 is 0 Å². The predicted molar refractivity (Wildman–Crippen MR) is 74.3 cm³/mol. The lowest BCUT2D eigenvalue weighted by Crippen LogP contribution is -2.37. The van der Waals surface area contributed by atoms with Crippen LogP contribution in [0.1, 0.15) is 12.7 Å². The highest BCUT2D eigenvalue weighted by molar-refractivity contribution is 6.01. The van der Waals surface area contributed by atoms with E-state index >= 15 is 0 Å². The molecule has 0 saturated heterocycles. The summed E-state index contributed by atoms with van der Waals surface area (Å²) in [6, 6.07) is 4.68. The second kappa shape index (κ2) is 6.33. The lowest BCUT2D eigenvalue weighted by atomic mass is 10.3. The van der Waals surface area contributed by atoms with E-state index in [1.165, 1.54) is 19.1 Å². The maximum Gasteiger partial charge on any atom is 0.244 e. The Balaban J connectivity index is 2.14. The second-order valence-electron chi connectivity index (χ2n) is 4.55. The van der Waals surface area contributed by atoms with E-state index in [0.717, 1.165) is 17.0 Å². The first-order valence-corrected chi connectivity index (χ1v) is 6.33. The number of hydrogen-bond donors (Lipinski definition) is 1. The van der Waals surface area contributed by atoms with Crippen molar-refractivity contribution in [1.82, 2.24) is 5.16 Å². The maximum atomic E-state index is 13.5. The van der Waals surface area contributed by atoms with Gasteiger partial charge in [0.05, 0.1) is 0 Å². The second-order valence-corrected chi connectivity index (χ2v) is 4.55.